The van der Waals surface area contributed by atoms with Crippen LogP contribution in [-0.4, -0.2) is 14.5 Å². The number of nitrogens with zero attached hydrogens (tertiary/aromatic N) is 2. The SMILES string of the molecule is Cc1ccc2[nH]c(=S)n(C3CC=CCC3)c2n1. The largest absolute Gasteiger partial charge is 0.329 e. The molecule has 1 aliphatic rings. The van der Waals surface area contributed by atoms with Crippen LogP contribution in [0, 0.1) is 11.7 Å². The van der Waals surface area contributed by atoms with E-state index in [1.807, 2.05) is 13.0 Å². The molecule has 2 aromatic rings. The number of H-pyrrole nitrogens is 1. The number of aromatic amines is 1. The number of pyridine rings is 1. The molecule has 4 heteroatoms. The van der Waals surface area contributed by atoms with Gasteiger partial charge in [-0.3, -0.25) is 4.57 Å². The van der Waals surface area contributed by atoms with Crippen LogP contribution >= 0.6 is 12.2 Å². The van der Waals surface area contributed by atoms with Crippen molar-refractivity contribution in [3.63, 3.8) is 0 Å². The summed E-state index contributed by atoms with van der Waals surface area (Å²) in [6.07, 6.45) is 7.81. The smallest absolute Gasteiger partial charge is 0.179 e. The molecule has 0 saturated heterocycles. The summed E-state index contributed by atoms with van der Waals surface area (Å²) in [6, 6.07) is 4.52. The Kier molecular flexibility index (Phi) is 2.59. The van der Waals surface area contributed by atoms with Gasteiger partial charge < -0.3 is 4.98 Å². The van der Waals surface area contributed by atoms with Crippen LogP contribution in [0.15, 0.2) is 24.3 Å². The van der Waals surface area contributed by atoms with Crippen LogP contribution in [-0.2, 0) is 0 Å². The number of allylic oxidation sites excluding steroid dienone is 2. The van der Waals surface area contributed by atoms with E-state index >= 15 is 0 Å². The zero-order chi connectivity index (χ0) is 11.8. The maximum absolute atomic E-state index is 5.42. The van der Waals surface area contributed by atoms with E-state index in [-0.39, 0.29) is 0 Å². The van der Waals surface area contributed by atoms with Crippen LogP contribution in [0.1, 0.15) is 31.0 Å². The average Bonchev–Trinajstić information content (AvgIpc) is 2.65. The fourth-order valence-corrected chi connectivity index (χ4v) is 2.79. The molecule has 0 amide bonds. The van der Waals surface area contributed by atoms with Crippen molar-refractivity contribution in [3.05, 3.63) is 34.7 Å². The first-order valence-corrected chi connectivity index (χ1v) is 6.39. The van der Waals surface area contributed by atoms with Gasteiger partial charge >= 0.3 is 0 Å². The predicted molar refractivity (Wildman–Crippen MR) is 71.7 cm³/mol. The van der Waals surface area contributed by atoms with E-state index in [4.69, 9.17) is 12.2 Å². The summed E-state index contributed by atoms with van der Waals surface area (Å²) in [5.74, 6) is 0. The molecule has 2 heterocycles. The summed E-state index contributed by atoms with van der Waals surface area (Å²) in [5.41, 5.74) is 3.07. The lowest BCUT2D eigenvalue weighted by Crippen LogP contribution is -2.11. The van der Waals surface area contributed by atoms with Gasteiger partial charge in [0.15, 0.2) is 10.4 Å². The first kappa shape index (κ1) is 10.7. The number of aromatic nitrogens is 3. The molecule has 0 aliphatic heterocycles. The minimum Gasteiger partial charge on any atom is -0.329 e. The molecular formula is C13H15N3S. The summed E-state index contributed by atoms with van der Waals surface area (Å²) in [4.78, 5) is 7.86. The molecule has 0 bridgehead atoms. The Morgan fingerprint density at radius 1 is 1.41 bits per heavy atom. The highest BCUT2D eigenvalue weighted by Gasteiger charge is 2.16. The monoisotopic (exact) mass is 245 g/mol. The molecule has 1 N–H and O–H groups in total. The number of rotatable bonds is 1. The number of aryl methyl sites for hydroxylation is 1. The lowest BCUT2D eigenvalue weighted by atomic mass is 10.0. The molecule has 3 nitrogen and oxygen atoms in total. The first-order chi connectivity index (χ1) is 8.25. The summed E-state index contributed by atoms with van der Waals surface area (Å²) in [5, 5.41) is 0. The Hall–Kier alpha value is -1.42. The standard InChI is InChI=1S/C13H15N3S/c1-9-7-8-11-12(14-9)16(13(17)15-11)10-5-3-2-4-6-10/h2-3,7-8,10H,4-6H2,1H3,(H,15,17). The third-order valence-corrected chi connectivity index (χ3v) is 3.61. The fraction of sp³-hybridized carbons (Fsp3) is 0.385. The average molecular weight is 245 g/mol. The van der Waals surface area contributed by atoms with Gasteiger partial charge in [0.2, 0.25) is 0 Å². The molecule has 0 aromatic carbocycles. The van der Waals surface area contributed by atoms with Crippen LogP contribution in [0.3, 0.4) is 0 Å². The molecule has 1 atom stereocenters. The van der Waals surface area contributed by atoms with Gasteiger partial charge in [0.1, 0.15) is 0 Å². The Balaban J connectivity index is 2.20. The highest BCUT2D eigenvalue weighted by atomic mass is 32.1. The normalized spacial score (nSPS) is 19.9. The Morgan fingerprint density at radius 3 is 3.06 bits per heavy atom. The molecule has 0 spiro atoms. The van der Waals surface area contributed by atoms with Crippen molar-refractivity contribution in [3.8, 4) is 0 Å². The van der Waals surface area contributed by atoms with Crippen molar-refractivity contribution in [1.29, 1.82) is 0 Å². The number of fused-ring (bicyclic) bond motifs is 1. The number of nitrogens with one attached hydrogen (secondary N) is 1. The maximum atomic E-state index is 5.42. The second-order valence-electron chi connectivity index (χ2n) is 4.56. The van der Waals surface area contributed by atoms with E-state index in [2.05, 4.69) is 32.8 Å². The van der Waals surface area contributed by atoms with Crippen LogP contribution < -0.4 is 0 Å². The molecule has 88 valence electrons. The van der Waals surface area contributed by atoms with Crippen LogP contribution in [0.25, 0.3) is 11.2 Å². The highest BCUT2D eigenvalue weighted by Crippen LogP contribution is 2.27. The van der Waals surface area contributed by atoms with Gasteiger partial charge in [0, 0.05) is 11.7 Å². The van der Waals surface area contributed by atoms with Gasteiger partial charge in [0.25, 0.3) is 0 Å². The summed E-state index contributed by atoms with van der Waals surface area (Å²) >= 11 is 5.42. The molecule has 1 aliphatic carbocycles. The van der Waals surface area contributed by atoms with E-state index in [0.29, 0.717) is 6.04 Å². The zero-order valence-electron chi connectivity index (χ0n) is 9.81. The number of imidazole rings is 1. The Bertz CT molecular complexity index is 636. The van der Waals surface area contributed by atoms with Gasteiger partial charge in [-0.25, -0.2) is 4.98 Å². The van der Waals surface area contributed by atoms with Crippen molar-refractivity contribution in [1.82, 2.24) is 14.5 Å². The van der Waals surface area contributed by atoms with Gasteiger partial charge in [-0.15, -0.1) is 0 Å². The van der Waals surface area contributed by atoms with Crippen LogP contribution in [0.2, 0.25) is 0 Å². The van der Waals surface area contributed by atoms with Gasteiger partial charge in [-0.1, -0.05) is 12.2 Å². The zero-order valence-corrected chi connectivity index (χ0v) is 10.6. The third-order valence-electron chi connectivity index (χ3n) is 3.31. The lowest BCUT2D eigenvalue weighted by molar-refractivity contribution is 0.465. The van der Waals surface area contributed by atoms with Crippen molar-refractivity contribution in [2.24, 2.45) is 0 Å². The predicted octanol–water partition coefficient (Wildman–Crippen LogP) is 3.68. The maximum Gasteiger partial charge on any atom is 0.179 e. The van der Waals surface area contributed by atoms with Crippen molar-refractivity contribution in [2.45, 2.75) is 32.2 Å². The quantitative estimate of drug-likeness (QED) is 0.614. The Labute approximate surface area is 105 Å². The molecular weight excluding hydrogens is 230 g/mol. The molecule has 0 saturated carbocycles. The van der Waals surface area contributed by atoms with Crippen molar-refractivity contribution in [2.75, 3.05) is 0 Å². The minimum absolute atomic E-state index is 0.454. The number of hydrogen-bond donors (Lipinski definition) is 1. The second-order valence-corrected chi connectivity index (χ2v) is 4.95. The van der Waals surface area contributed by atoms with Gasteiger partial charge in [0.05, 0.1) is 5.52 Å². The summed E-state index contributed by atoms with van der Waals surface area (Å²) in [7, 11) is 0. The van der Waals surface area contributed by atoms with E-state index < -0.39 is 0 Å². The van der Waals surface area contributed by atoms with E-state index in [1.165, 1.54) is 0 Å². The molecule has 2 aromatic heterocycles. The van der Waals surface area contributed by atoms with E-state index in [0.717, 1.165) is 40.9 Å². The Morgan fingerprint density at radius 2 is 2.29 bits per heavy atom. The fourth-order valence-electron chi connectivity index (χ4n) is 2.45. The first-order valence-electron chi connectivity index (χ1n) is 5.98. The molecule has 0 fully saturated rings. The molecule has 1 unspecified atom stereocenters. The van der Waals surface area contributed by atoms with Crippen molar-refractivity contribution < 1.29 is 0 Å². The summed E-state index contributed by atoms with van der Waals surface area (Å²) in [6.45, 7) is 2.01. The number of hydrogen-bond acceptors (Lipinski definition) is 2. The molecule has 0 radical (unpaired) electrons. The van der Waals surface area contributed by atoms with Gasteiger partial charge in [-0.2, -0.15) is 0 Å². The second kappa shape index (κ2) is 4.11. The van der Waals surface area contributed by atoms with Gasteiger partial charge in [-0.05, 0) is 50.5 Å². The molecule has 17 heavy (non-hydrogen) atoms. The van der Waals surface area contributed by atoms with E-state index in [9.17, 15) is 0 Å². The molecule has 3 rings (SSSR count). The van der Waals surface area contributed by atoms with Crippen LogP contribution in [0.5, 0.6) is 0 Å². The summed E-state index contributed by atoms with van der Waals surface area (Å²) < 4.78 is 2.97. The lowest BCUT2D eigenvalue weighted by Gasteiger charge is -2.19. The van der Waals surface area contributed by atoms with Crippen molar-refractivity contribution >= 4 is 23.4 Å². The van der Waals surface area contributed by atoms with E-state index in [1.54, 1.807) is 0 Å². The van der Waals surface area contributed by atoms with Crippen LogP contribution in [0.4, 0.5) is 0 Å². The highest BCUT2D eigenvalue weighted by molar-refractivity contribution is 7.71. The minimum atomic E-state index is 0.454. The third kappa shape index (κ3) is 1.82. The topological polar surface area (TPSA) is 33.6 Å².